The number of guanidine groups is 1. The monoisotopic (exact) mass is 448 g/mol. The lowest BCUT2D eigenvalue weighted by atomic mass is 9.89. The molecule has 0 aromatic heterocycles. The van der Waals surface area contributed by atoms with Crippen molar-refractivity contribution in [3.63, 3.8) is 0 Å². The van der Waals surface area contributed by atoms with E-state index in [0.717, 1.165) is 19.0 Å². The van der Waals surface area contributed by atoms with Gasteiger partial charge in [0.25, 0.3) is 0 Å². The fourth-order valence-electron chi connectivity index (χ4n) is 4.58. The topological polar surface area (TPSA) is 30.9 Å². The van der Waals surface area contributed by atoms with Gasteiger partial charge in [0.1, 0.15) is 0 Å². The smallest absolute Gasteiger partial charge is 0.193 e. The van der Waals surface area contributed by atoms with Crippen LogP contribution in [-0.4, -0.2) is 61.6 Å². The van der Waals surface area contributed by atoms with Crippen molar-refractivity contribution in [2.75, 3.05) is 45.8 Å². The molecular weight excluding hydrogens is 411 g/mol. The van der Waals surface area contributed by atoms with Crippen LogP contribution in [0.1, 0.15) is 58.8 Å². The highest BCUT2D eigenvalue weighted by Crippen LogP contribution is 2.37. The van der Waals surface area contributed by atoms with E-state index in [1.165, 1.54) is 83.6 Å². The summed E-state index contributed by atoms with van der Waals surface area (Å²) in [4.78, 5) is 10.2. The number of halogens is 1. The Labute approximate surface area is 165 Å². The molecule has 0 bridgehead atoms. The molecule has 2 saturated heterocycles. The molecule has 0 aromatic carbocycles. The van der Waals surface area contributed by atoms with Gasteiger partial charge in [-0.25, -0.2) is 0 Å². The Morgan fingerprint density at radius 3 is 2.50 bits per heavy atom. The summed E-state index contributed by atoms with van der Waals surface area (Å²) in [6, 6.07) is 0. The molecule has 1 saturated carbocycles. The predicted molar refractivity (Wildman–Crippen MR) is 113 cm³/mol. The minimum Gasteiger partial charge on any atom is -0.357 e. The lowest BCUT2D eigenvalue weighted by molar-refractivity contribution is 0.280. The second-order valence-corrected chi connectivity index (χ2v) is 8.30. The average Bonchev–Trinajstić information content (AvgIpc) is 3.27. The van der Waals surface area contributed by atoms with Gasteiger partial charge in [-0.05, 0) is 63.5 Å². The Kier molecular flexibility index (Phi) is 8.11. The summed E-state index contributed by atoms with van der Waals surface area (Å²) in [5.41, 5.74) is 0.454. The largest absolute Gasteiger partial charge is 0.357 e. The first-order valence-electron chi connectivity index (χ1n) is 9.94. The van der Waals surface area contributed by atoms with Gasteiger partial charge in [0.2, 0.25) is 0 Å². The number of aliphatic imine (C=N–C) groups is 1. The van der Waals surface area contributed by atoms with Crippen molar-refractivity contribution in [2.45, 2.75) is 58.8 Å². The van der Waals surface area contributed by atoms with Crippen LogP contribution in [-0.2, 0) is 0 Å². The third kappa shape index (κ3) is 5.48. The maximum absolute atomic E-state index is 5.03. The van der Waals surface area contributed by atoms with E-state index in [1.807, 2.05) is 0 Å². The Hall–Kier alpha value is -0.0400. The van der Waals surface area contributed by atoms with E-state index in [2.05, 4.69) is 29.0 Å². The van der Waals surface area contributed by atoms with Crippen LogP contribution in [0.3, 0.4) is 0 Å². The van der Waals surface area contributed by atoms with Crippen LogP contribution in [0.25, 0.3) is 0 Å². The molecule has 0 radical (unpaired) electrons. The number of rotatable bonds is 5. The van der Waals surface area contributed by atoms with E-state index in [0.29, 0.717) is 5.41 Å². The zero-order valence-electron chi connectivity index (χ0n) is 15.7. The highest BCUT2D eigenvalue weighted by atomic mass is 127. The number of likely N-dealkylation sites (tertiary alicyclic amines) is 2. The summed E-state index contributed by atoms with van der Waals surface area (Å²) in [6.07, 6.45) is 9.63. The van der Waals surface area contributed by atoms with Crippen LogP contribution >= 0.6 is 24.0 Å². The van der Waals surface area contributed by atoms with E-state index >= 15 is 0 Å². The molecule has 1 unspecified atom stereocenters. The summed E-state index contributed by atoms with van der Waals surface area (Å²) < 4.78 is 0. The molecule has 3 aliphatic rings. The summed E-state index contributed by atoms with van der Waals surface area (Å²) in [5.74, 6) is 2.00. The van der Waals surface area contributed by atoms with Gasteiger partial charge in [0.15, 0.2) is 5.96 Å². The number of hydrogen-bond donors (Lipinski definition) is 1. The van der Waals surface area contributed by atoms with Crippen LogP contribution < -0.4 is 5.32 Å². The maximum Gasteiger partial charge on any atom is 0.193 e. The van der Waals surface area contributed by atoms with Crippen LogP contribution in [0.2, 0.25) is 0 Å². The number of nitrogens with one attached hydrogen (secondary N) is 1. The lowest BCUT2D eigenvalue weighted by Gasteiger charge is -2.26. The first-order chi connectivity index (χ1) is 11.2. The normalized spacial score (nSPS) is 27.5. The van der Waals surface area contributed by atoms with Crippen LogP contribution in [0.4, 0.5) is 0 Å². The quantitative estimate of drug-likeness (QED) is 0.397. The highest BCUT2D eigenvalue weighted by Gasteiger charge is 2.30. The predicted octanol–water partition coefficient (Wildman–Crippen LogP) is 3.57. The van der Waals surface area contributed by atoms with Gasteiger partial charge >= 0.3 is 0 Å². The third-order valence-electron chi connectivity index (χ3n) is 6.06. The number of nitrogens with zero attached hydrogens (tertiary/aromatic N) is 3. The van der Waals surface area contributed by atoms with Gasteiger partial charge in [-0.3, -0.25) is 4.99 Å². The van der Waals surface area contributed by atoms with E-state index in [1.54, 1.807) is 0 Å². The third-order valence-corrected chi connectivity index (χ3v) is 6.06. The molecule has 4 nitrogen and oxygen atoms in total. The van der Waals surface area contributed by atoms with E-state index < -0.39 is 0 Å². The molecule has 0 amide bonds. The van der Waals surface area contributed by atoms with E-state index in [-0.39, 0.29) is 24.0 Å². The van der Waals surface area contributed by atoms with Gasteiger partial charge in [-0.1, -0.05) is 19.8 Å². The molecule has 3 fully saturated rings. The minimum absolute atomic E-state index is 0. The number of hydrogen-bond acceptors (Lipinski definition) is 2. The molecule has 3 rings (SSSR count). The molecule has 0 spiro atoms. The van der Waals surface area contributed by atoms with Crippen molar-refractivity contribution >= 4 is 29.9 Å². The van der Waals surface area contributed by atoms with Crippen LogP contribution in [0.15, 0.2) is 4.99 Å². The molecule has 0 aromatic rings. The maximum atomic E-state index is 5.03. The Balaban J connectivity index is 0.00000208. The van der Waals surface area contributed by atoms with Gasteiger partial charge in [-0.15, -0.1) is 24.0 Å². The Morgan fingerprint density at radius 1 is 1.12 bits per heavy atom. The van der Waals surface area contributed by atoms with Crippen molar-refractivity contribution in [3.8, 4) is 0 Å². The average molecular weight is 448 g/mol. The first-order valence-corrected chi connectivity index (χ1v) is 9.94. The van der Waals surface area contributed by atoms with Crippen molar-refractivity contribution < 1.29 is 0 Å². The van der Waals surface area contributed by atoms with Crippen molar-refractivity contribution in [2.24, 2.45) is 16.3 Å². The molecular formula is C19H37IN4. The van der Waals surface area contributed by atoms with Gasteiger partial charge in [-0.2, -0.15) is 0 Å². The fourth-order valence-corrected chi connectivity index (χ4v) is 4.58. The second kappa shape index (κ2) is 9.60. The summed E-state index contributed by atoms with van der Waals surface area (Å²) >= 11 is 0. The van der Waals surface area contributed by atoms with Crippen molar-refractivity contribution in [3.05, 3.63) is 0 Å². The minimum atomic E-state index is 0. The van der Waals surface area contributed by atoms with Gasteiger partial charge in [0.05, 0.1) is 0 Å². The SMILES string of the molecule is CCNC(=NCC1(C)CCCC1)N1CCC(CN2CCCC2)C1.I. The zero-order chi connectivity index (χ0) is 16.1. The summed E-state index contributed by atoms with van der Waals surface area (Å²) in [7, 11) is 0. The van der Waals surface area contributed by atoms with E-state index in [4.69, 9.17) is 4.99 Å². The van der Waals surface area contributed by atoms with E-state index in [9.17, 15) is 0 Å². The molecule has 2 heterocycles. The fraction of sp³-hybridized carbons (Fsp3) is 0.947. The van der Waals surface area contributed by atoms with Crippen molar-refractivity contribution in [1.29, 1.82) is 0 Å². The second-order valence-electron chi connectivity index (χ2n) is 8.30. The Bertz CT molecular complexity index is 400. The van der Waals surface area contributed by atoms with Crippen LogP contribution in [0, 0.1) is 11.3 Å². The van der Waals surface area contributed by atoms with Gasteiger partial charge < -0.3 is 15.1 Å². The highest BCUT2D eigenvalue weighted by molar-refractivity contribution is 14.0. The molecule has 140 valence electrons. The van der Waals surface area contributed by atoms with Crippen molar-refractivity contribution in [1.82, 2.24) is 15.1 Å². The lowest BCUT2D eigenvalue weighted by Crippen LogP contribution is -2.41. The molecule has 1 atom stereocenters. The Morgan fingerprint density at radius 2 is 1.83 bits per heavy atom. The van der Waals surface area contributed by atoms with Crippen LogP contribution in [0.5, 0.6) is 0 Å². The molecule has 1 aliphatic carbocycles. The first kappa shape index (κ1) is 20.3. The zero-order valence-corrected chi connectivity index (χ0v) is 18.1. The molecule has 24 heavy (non-hydrogen) atoms. The summed E-state index contributed by atoms with van der Waals surface area (Å²) in [6.45, 7) is 12.9. The molecule has 5 heteroatoms. The molecule has 2 aliphatic heterocycles. The molecule has 1 N–H and O–H groups in total. The van der Waals surface area contributed by atoms with Gasteiger partial charge in [0, 0.05) is 32.7 Å². The summed E-state index contributed by atoms with van der Waals surface area (Å²) in [5, 5.41) is 3.54. The standard InChI is InChI=1S/C19H36N4.HI/c1-3-20-18(21-16-19(2)9-4-5-10-19)23-13-8-17(15-23)14-22-11-6-7-12-22;/h17H,3-16H2,1-2H3,(H,20,21);1H.